The molecule has 2 saturated heterocycles. The van der Waals surface area contributed by atoms with E-state index < -0.39 is 86.8 Å². The Hall–Kier alpha value is -1.79. The van der Waals surface area contributed by atoms with Crippen LogP contribution in [0, 0.1) is 0 Å². The molecule has 9 N–H and O–H groups in total. The van der Waals surface area contributed by atoms with Gasteiger partial charge < -0.3 is 65.1 Å². The van der Waals surface area contributed by atoms with Crippen molar-refractivity contribution in [3.63, 3.8) is 0 Å². The molecule has 2 rings (SSSR count). The quantitative estimate of drug-likeness (QED) is 0.0376. The van der Waals surface area contributed by atoms with Crippen molar-refractivity contribution in [1.29, 1.82) is 0 Å². The van der Waals surface area contributed by atoms with Gasteiger partial charge in [-0.15, -0.1) is 0 Å². The molecule has 1 amide bonds. The van der Waals surface area contributed by atoms with Crippen molar-refractivity contribution < 1.29 is 64.6 Å². The third-order valence-electron chi connectivity index (χ3n) is 10.4. The summed E-state index contributed by atoms with van der Waals surface area (Å²) in [6.45, 7) is 2.64. The molecule has 14 nitrogen and oxygen atoms in total. The minimum absolute atomic E-state index is 0.242. The Balaban J connectivity index is 1.92. The summed E-state index contributed by atoms with van der Waals surface area (Å²) in [5.41, 5.74) is 0. The smallest absolute Gasteiger partial charge is 0.220 e. The second-order valence-corrected chi connectivity index (χ2v) is 15.1. The van der Waals surface area contributed by atoms with Crippen LogP contribution < -0.4 is 5.32 Å². The Morgan fingerprint density at radius 2 is 1.23 bits per heavy atom. The molecular formula is C42H75NO13. The van der Waals surface area contributed by atoms with Crippen LogP contribution in [0.3, 0.4) is 0 Å². The van der Waals surface area contributed by atoms with Gasteiger partial charge in [0.2, 0.25) is 5.91 Å². The van der Waals surface area contributed by atoms with E-state index in [4.69, 9.17) is 18.9 Å². The molecule has 0 bridgehead atoms. The Bertz CT molecular complexity index is 1090. The predicted molar refractivity (Wildman–Crippen MR) is 212 cm³/mol. The highest BCUT2D eigenvalue weighted by Gasteiger charge is 2.50. The molecule has 14 heteroatoms. The maximum Gasteiger partial charge on any atom is 0.220 e. The molecule has 326 valence electrons. The van der Waals surface area contributed by atoms with Crippen molar-refractivity contribution in [3.05, 3.63) is 36.5 Å². The first kappa shape index (κ1) is 50.4. The summed E-state index contributed by atoms with van der Waals surface area (Å²) in [7, 11) is 0. The Morgan fingerprint density at radius 1 is 0.661 bits per heavy atom. The van der Waals surface area contributed by atoms with E-state index in [2.05, 4.69) is 55.6 Å². The lowest BCUT2D eigenvalue weighted by Crippen LogP contribution is -2.65. The summed E-state index contributed by atoms with van der Waals surface area (Å²) in [4.78, 5) is 13.0. The summed E-state index contributed by atoms with van der Waals surface area (Å²) < 4.78 is 22.6. The van der Waals surface area contributed by atoms with Crippen LogP contribution in [-0.2, 0) is 23.7 Å². The first-order chi connectivity index (χ1) is 27.1. The first-order valence-corrected chi connectivity index (χ1v) is 21.2. The van der Waals surface area contributed by atoms with Gasteiger partial charge in [0.15, 0.2) is 12.6 Å². The number of allylic oxidation sites excluding steroid dienone is 6. The van der Waals surface area contributed by atoms with E-state index in [1.165, 1.54) is 32.1 Å². The average molecular weight is 802 g/mol. The number of hydrogen-bond acceptors (Lipinski definition) is 13. The van der Waals surface area contributed by atoms with Gasteiger partial charge in [-0.05, 0) is 44.9 Å². The Morgan fingerprint density at radius 3 is 1.88 bits per heavy atom. The molecule has 0 aromatic rings. The lowest BCUT2D eigenvalue weighted by atomic mass is 9.97. The molecule has 2 heterocycles. The Kier molecular flexibility index (Phi) is 27.2. The van der Waals surface area contributed by atoms with Crippen LogP contribution >= 0.6 is 0 Å². The van der Waals surface area contributed by atoms with Crippen LogP contribution in [0.1, 0.15) is 129 Å². The lowest BCUT2D eigenvalue weighted by Gasteiger charge is -2.46. The van der Waals surface area contributed by atoms with Crippen LogP contribution in [0.25, 0.3) is 0 Å². The highest BCUT2D eigenvalue weighted by atomic mass is 16.7. The van der Waals surface area contributed by atoms with Crippen molar-refractivity contribution >= 4 is 5.91 Å². The predicted octanol–water partition coefficient (Wildman–Crippen LogP) is 3.20. The van der Waals surface area contributed by atoms with E-state index in [1.807, 2.05) is 0 Å². The number of amides is 1. The molecular weight excluding hydrogens is 726 g/mol. The molecule has 0 aliphatic carbocycles. The molecule has 12 unspecified atom stereocenters. The zero-order chi connectivity index (χ0) is 41.1. The highest BCUT2D eigenvalue weighted by molar-refractivity contribution is 5.76. The maximum atomic E-state index is 13.0. The summed E-state index contributed by atoms with van der Waals surface area (Å²) in [5, 5.41) is 86.3. The van der Waals surface area contributed by atoms with Crippen LogP contribution in [-0.4, -0.2) is 140 Å². The third-order valence-corrected chi connectivity index (χ3v) is 10.4. The molecule has 2 aliphatic heterocycles. The number of unbranched alkanes of at least 4 members (excludes halogenated alkanes) is 11. The van der Waals surface area contributed by atoms with E-state index >= 15 is 0 Å². The van der Waals surface area contributed by atoms with Crippen LogP contribution in [0.2, 0.25) is 0 Å². The van der Waals surface area contributed by atoms with E-state index in [1.54, 1.807) is 0 Å². The van der Waals surface area contributed by atoms with Crippen molar-refractivity contribution in [2.45, 2.75) is 203 Å². The third kappa shape index (κ3) is 18.9. The van der Waals surface area contributed by atoms with Crippen molar-refractivity contribution in [2.24, 2.45) is 0 Å². The van der Waals surface area contributed by atoms with Gasteiger partial charge in [-0.1, -0.05) is 115 Å². The van der Waals surface area contributed by atoms with Gasteiger partial charge in [0, 0.05) is 6.42 Å². The van der Waals surface area contributed by atoms with E-state index in [-0.39, 0.29) is 18.9 Å². The van der Waals surface area contributed by atoms with E-state index in [0.29, 0.717) is 12.8 Å². The van der Waals surface area contributed by atoms with Gasteiger partial charge in [0.05, 0.1) is 32.0 Å². The molecule has 0 saturated carbocycles. The van der Waals surface area contributed by atoms with E-state index in [9.17, 15) is 45.6 Å². The topological polar surface area (TPSA) is 228 Å². The lowest BCUT2D eigenvalue weighted by molar-refractivity contribution is -0.359. The number of nitrogens with one attached hydrogen (secondary N) is 1. The molecule has 12 atom stereocenters. The summed E-state index contributed by atoms with van der Waals surface area (Å²) in [6, 6.07) is -0.839. The van der Waals surface area contributed by atoms with Gasteiger partial charge >= 0.3 is 0 Å². The maximum absolute atomic E-state index is 13.0. The van der Waals surface area contributed by atoms with Gasteiger partial charge in [-0.25, -0.2) is 0 Å². The summed E-state index contributed by atoms with van der Waals surface area (Å²) in [6.07, 6.45) is 13.2. The molecule has 56 heavy (non-hydrogen) atoms. The molecule has 0 spiro atoms. The molecule has 0 radical (unpaired) electrons. The van der Waals surface area contributed by atoms with Gasteiger partial charge in [-0.2, -0.15) is 0 Å². The van der Waals surface area contributed by atoms with Crippen molar-refractivity contribution in [3.8, 4) is 0 Å². The highest BCUT2D eigenvalue weighted by Crippen LogP contribution is 2.30. The molecule has 0 aromatic heterocycles. The minimum atomic E-state index is -1.78. The van der Waals surface area contributed by atoms with Crippen molar-refractivity contribution in [1.82, 2.24) is 5.32 Å². The minimum Gasteiger partial charge on any atom is -0.394 e. The van der Waals surface area contributed by atoms with Crippen LogP contribution in [0.15, 0.2) is 36.5 Å². The number of hydrogen-bond donors (Lipinski definition) is 9. The van der Waals surface area contributed by atoms with Gasteiger partial charge in [-0.3, -0.25) is 4.79 Å². The average Bonchev–Trinajstić information content (AvgIpc) is 3.19. The number of aliphatic hydroxyl groups is 8. The fourth-order valence-corrected chi connectivity index (χ4v) is 6.84. The number of rotatable bonds is 30. The fraction of sp³-hybridized carbons (Fsp3) is 0.833. The second-order valence-electron chi connectivity index (χ2n) is 15.1. The summed E-state index contributed by atoms with van der Waals surface area (Å²) >= 11 is 0. The SMILES string of the molecule is CC/C=C\C/C=C\C/C=C\CCCCCC(=O)NC(COC1OC(CO)C(OC2OC(CO)C(O)C(O)C2O)C(O)C1O)C(O)CCCCCCCCCCC. The summed E-state index contributed by atoms with van der Waals surface area (Å²) in [5.74, 6) is -0.242. The monoisotopic (exact) mass is 802 g/mol. The molecule has 0 aromatic carbocycles. The molecule has 2 fully saturated rings. The van der Waals surface area contributed by atoms with Gasteiger partial charge in [0.25, 0.3) is 0 Å². The zero-order valence-electron chi connectivity index (χ0n) is 33.9. The number of carbonyl (C=O) groups is 1. The fourth-order valence-electron chi connectivity index (χ4n) is 6.84. The van der Waals surface area contributed by atoms with Crippen molar-refractivity contribution in [2.75, 3.05) is 19.8 Å². The normalized spacial score (nSPS) is 29.8. The second kappa shape index (κ2) is 30.3. The van der Waals surface area contributed by atoms with Gasteiger partial charge in [0.1, 0.15) is 48.8 Å². The van der Waals surface area contributed by atoms with Crippen LogP contribution in [0.4, 0.5) is 0 Å². The zero-order valence-corrected chi connectivity index (χ0v) is 33.9. The number of carbonyl (C=O) groups excluding carboxylic acids is 1. The number of ether oxygens (including phenoxy) is 4. The largest absolute Gasteiger partial charge is 0.394 e. The standard InChI is InChI=1S/C42H75NO13/c1-3-5-7-9-11-13-14-15-16-18-20-22-24-26-34(47)43-30(31(46)25-23-21-19-17-12-10-8-6-4-2)29-53-41-39(52)37(50)40(33(28-45)55-41)56-42-38(51)36(49)35(48)32(27-44)54-42/h5,7,11,13,15-16,30-33,35-42,44-46,48-52H,3-4,6,8-10,12,14,17-29H2,1-2H3,(H,43,47)/b7-5-,13-11-,16-15-. The van der Waals surface area contributed by atoms with Crippen LogP contribution in [0.5, 0.6) is 0 Å². The Labute approximate surface area is 334 Å². The molecule has 2 aliphatic rings. The van der Waals surface area contributed by atoms with E-state index in [0.717, 1.165) is 64.2 Å². The number of aliphatic hydroxyl groups excluding tert-OH is 8. The first-order valence-electron chi connectivity index (χ1n) is 21.2.